The van der Waals surface area contributed by atoms with Crippen LogP contribution in [-0.4, -0.2) is 82.7 Å². The smallest absolute Gasteiger partial charge is 0.266 e. The Bertz CT molecular complexity index is 1450. The first-order chi connectivity index (χ1) is 21.2. The second-order valence-corrected chi connectivity index (χ2v) is 13.1. The topological polar surface area (TPSA) is 93.8 Å². The first-order valence-corrected chi connectivity index (χ1v) is 16.1. The normalized spacial score (nSPS) is 19.1. The summed E-state index contributed by atoms with van der Waals surface area (Å²) < 4.78 is 6.29. The van der Waals surface area contributed by atoms with E-state index in [9.17, 15) is 9.59 Å². The van der Waals surface area contributed by atoms with Gasteiger partial charge in [0, 0.05) is 74.9 Å². The summed E-state index contributed by atoms with van der Waals surface area (Å²) in [4.78, 5) is 33.5. The molecule has 0 bridgehead atoms. The van der Waals surface area contributed by atoms with Crippen LogP contribution in [0.4, 0.5) is 5.69 Å². The van der Waals surface area contributed by atoms with Crippen LogP contribution in [0.2, 0.25) is 0 Å². The molecule has 3 heterocycles. The fourth-order valence-electron chi connectivity index (χ4n) is 6.70. The van der Waals surface area contributed by atoms with Crippen molar-refractivity contribution in [1.29, 1.82) is 0 Å². The molecular weight excluding hydrogens is 552 g/mol. The van der Waals surface area contributed by atoms with Gasteiger partial charge in [0.2, 0.25) is 5.91 Å². The summed E-state index contributed by atoms with van der Waals surface area (Å²) in [6.07, 6.45) is 4.02. The maximum absolute atomic E-state index is 14.0. The van der Waals surface area contributed by atoms with Crippen molar-refractivity contribution in [3.05, 3.63) is 65.5 Å². The van der Waals surface area contributed by atoms with Gasteiger partial charge in [0.05, 0.1) is 11.6 Å². The first-order valence-electron chi connectivity index (χ1n) is 16.1. The predicted molar refractivity (Wildman–Crippen MR) is 173 cm³/mol. The fraction of sp³-hybridized carbons (Fsp3) is 0.514. The van der Waals surface area contributed by atoms with E-state index in [1.807, 2.05) is 50.8 Å². The lowest BCUT2D eigenvalue weighted by atomic mass is 9.95. The van der Waals surface area contributed by atoms with Crippen molar-refractivity contribution in [2.45, 2.75) is 71.6 Å². The van der Waals surface area contributed by atoms with Crippen molar-refractivity contribution in [1.82, 2.24) is 25.3 Å². The number of benzene rings is 2. The van der Waals surface area contributed by atoms with Crippen LogP contribution >= 0.6 is 0 Å². The van der Waals surface area contributed by atoms with Crippen molar-refractivity contribution in [3.63, 3.8) is 0 Å². The van der Waals surface area contributed by atoms with E-state index in [0.29, 0.717) is 38.0 Å². The van der Waals surface area contributed by atoms with Gasteiger partial charge in [-0.15, -0.1) is 0 Å². The highest BCUT2D eigenvalue weighted by Gasteiger charge is 2.38. The minimum atomic E-state index is -0.963. The molecule has 44 heavy (non-hydrogen) atoms. The molecule has 3 aromatic rings. The van der Waals surface area contributed by atoms with Gasteiger partial charge in [0.25, 0.3) is 5.91 Å². The highest BCUT2D eigenvalue weighted by Crippen LogP contribution is 2.34. The van der Waals surface area contributed by atoms with Gasteiger partial charge >= 0.3 is 0 Å². The molecule has 9 heteroatoms. The predicted octanol–water partition coefficient (Wildman–Crippen LogP) is 4.69. The molecule has 1 saturated carbocycles. The second kappa shape index (κ2) is 12.6. The maximum atomic E-state index is 14.0. The second-order valence-electron chi connectivity index (χ2n) is 13.1. The summed E-state index contributed by atoms with van der Waals surface area (Å²) >= 11 is 0. The largest absolute Gasteiger partial charge is 0.478 e. The third kappa shape index (κ3) is 6.62. The molecule has 2 N–H and O–H groups in total. The standard InChI is InChI=1S/C35H46N6O3/c1-24-32(25(2)38-37-24)27-12-10-26(11-13-27)22-41(29-14-15-29)33(42)28-7-6-18-40(23-28)30-8-5-9-31(21-30)44-35(3,4)34(43)39-19-16-36-17-20-39/h5,8-13,21,28-29,36H,6-7,14-20,22-23H2,1-4H3,(H,37,38)/t28-/m1/s1. The quantitative estimate of drug-likeness (QED) is 0.371. The zero-order chi connectivity index (χ0) is 30.8. The Morgan fingerprint density at radius 2 is 1.77 bits per heavy atom. The van der Waals surface area contributed by atoms with Crippen LogP contribution in [0.3, 0.4) is 0 Å². The number of piperidine rings is 1. The van der Waals surface area contributed by atoms with E-state index >= 15 is 0 Å². The monoisotopic (exact) mass is 598 g/mol. The number of rotatable bonds is 9. The zero-order valence-electron chi connectivity index (χ0n) is 26.6. The lowest BCUT2D eigenvalue weighted by Crippen LogP contribution is -2.54. The number of carbonyl (C=O) groups is 2. The van der Waals surface area contributed by atoms with Gasteiger partial charge in [-0.1, -0.05) is 30.3 Å². The van der Waals surface area contributed by atoms with Gasteiger partial charge in [-0.05, 0) is 76.6 Å². The summed E-state index contributed by atoms with van der Waals surface area (Å²) in [5.41, 5.74) is 5.58. The number of ether oxygens (including phenoxy) is 1. The first kappa shape index (κ1) is 30.2. The molecule has 2 aliphatic heterocycles. The minimum absolute atomic E-state index is 0.00884. The van der Waals surface area contributed by atoms with Crippen molar-refractivity contribution < 1.29 is 14.3 Å². The van der Waals surface area contributed by atoms with Crippen LogP contribution < -0.4 is 15.0 Å². The molecule has 2 saturated heterocycles. The van der Waals surface area contributed by atoms with Gasteiger partial charge in [0.1, 0.15) is 5.75 Å². The van der Waals surface area contributed by atoms with E-state index in [1.54, 1.807) is 0 Å². The van der Waals surface area contributed by atoms with Crippen LogP contribution in [0, 0.1) is 19.8 Å². The third-order valence-electron chi connectivity index (χ3n) is 9.24. The van der Waals surface area contributed by atoms with E-state index < -0.39 is 5.60 Å². The van der Waals surface area contributed by atoms with Crippen molar-refractivity contribution in [2.24, 2.45) is 5.92 Å². The molecule has 1 aromatic heterocycles. The van der Waals surface area contributed by atoms with Gasteiger partial charge in [-0.2, -0.15) is 5.10 Å². The SMILES string of the molecule is Cc1n[nH]c(C)c1-c1ccc(CN(C(=O)[C@@H]2CCCN(c3cccc(OC(C)(C)C(=O)N4CCNCC4)c3)C2)C2CC2)cc1. The average Bonchev–Trinajstić information content (AvgIpc) is 3.83. The molecule has 0 radical (unpaired) electrons. The molecule has 1 atom stereocenters. The zero-order valence-corrected chi connectivity index (χ0v) is 26.6. The van der Waals surface area contributed by atoms with E-state index in [1.165, 1.54) is 0 Å². The van der Waals surface area contributed by atoms with Gasteiger partial charge in [-0.3, -0.25) is 14.7 Å². The minimum Gasteiger partial charge on any atom is -0.478 e. The Balaban J connectivity index is 1.11. The van der Waals surface area contributed by atoms with E-state index in [4.69, 9.17) is 4.74 Å². The summed E-state index contributed by atoms with van der Waals surface area (Å²) in [6.45, 7) is 13.0. The molecule has 6 rings (SSSR count). The maximum Gasteiger partial charge on any atom is 0.266 e. The van der Waals surface area contributed by atoms with Crippen molar-refractivity contribution in [3.8, 4) is 16.9 Å². The van der Waals surface area contributed by atoms with E-state index in [-0.39, 0.29) is 17.7 Å². The number of amides is 2. The molecule has 0 unspecified atom stereocenters. The summed E-state index contributed by atoms with van der Waals surface area (Å²) in [5, 5.41) is 10.7. The molecule has 234 valence electrons. The van der Waals surface area contributed by atoms with Gasteiger partial charge in [0.15, 0.2) is 5.60 Å². The number of aromatic amines is 1. The van der Waals surface area contributed by atoms with Gasteiger partial charge in [-0.25, -0.2) is 0 Å². The number of hydrogen-bond acceptors (Lipinski definition) is 6. The molecule has 3 aliphatic rings. The molecular formula is C35H46N6O3. The Labute approximate surface area is 260 Å². The average molecular weight is 599 g/mol. The third-order valence-corrected chi connectivity index (χ3v) is 9.24. The van der Waals surface area contributed by atoms with Crippen LogP contribution in [0.25, 0.3) is 11.1 Å². The van der Waals surface area contributed by atoms with E-state index in [0.717, 1.165) is 79.1 Å². The highest BCUT2D eigenvalue weighted by molar-refractivity contribution is 5.85. The lowest BCUT2D eigenvalue weighted by Gasteiger charge is -2.37. The molecule has 3 fully saturated rings. The number of H-pyrrole nitrogens is 1. The summed E-state index contributed by atoms with van der Waals surface area (Å²) in [7, 11) is 0. The molecule has 1 aliphatic carbocycles. The Kier molecular flexibility index (Phi) is 8.67. The van der Waals surface area contributed by atoms with Crippen LogP contribution in [0.5, 0.6) is 5.75 Å². The number of anilines is 1. The number of aryl methyl sites for hydroxylation is 2. The van der Waals surface area contributed by atoms with Crippen LogP contribution in [-0.2, 0) is 16.1 Å². The number of hydrogen-bond donors (Lipinski definition) is 2. The summed E-state index contributed by atoms with van der Waals surface area (Å²) in [6, 6.07) is 16.9. The molecule has 9 nitrogen and oxygen atoms in total. The van der Waals surface area contributed by atoms with Crippen molar-refractivity contribution in [2.75, 3.05) is 44.2 Å². The molecule has 2 amide bonds. The number of aromatic nitrogens is 2. The van der Waals surface area contributed by atoms with E-state index in [2.05, 4.69) is 55.6 Å². The van der Waals surface area contributed by atoms with Crippen LogP contribution in [0.1, 0.15) is 56.5 Å². The number of nitrogens with one attached hydrogen (secondary N) is 2. The summed E-state index contributed by atoms with van der Waals surface area (Å²) in [5.74, 6) is 0.899. The number of piperazine rings is 1. The van der Waals surface area contributed by atoms with Crippen molar-refractivity contribution >= 4 is 17.5 Å². The molecule has 0 spiro atoms. The Morgan fingerprint density at radius 3 is 2.45 bits per heavy atom. The lowest BCUT2D eigenvalue weighted by molar-refractivity contribution is -0.146. The molecule has 2 aromatic carbocycles. The highest BCUT2D eigenvalue weighted by atomic mass is 16.5. The van der Waals surface area contributed by atoms with Gasteiger partial charge < -0.3 is 24.8 Å². The number of nitrogens with zero attached hydrogens (tertiary/aromatic N) is 4. The Morgan fingerprint density at radius 1 is 1.02 bits per heavy atom. The Hall–Kier alpha value is -3.85. The van der Waals surface area contributed by atoms with Crippen LogP contribution in [0.15, 0.2) is 48.5 Å². The number of carbonyl (C=O) groups excluding carboxylic acids is 2. The fourth-order valence-corrected chi connectivity index (χ4v) is 6.70.